The molecule has 1 aliphatic heterocycles. The molecule has 0 atom stereocenters. The van der Waals surface area contributed by atoms with Crippen LogP contribution in [0.15, 0.2) is 47.9 Å². The zero-order valence-electron chi connectivity index (χ0n) is 16.3. The molecule has 1 fully saturated rings. The molecule has 29 heavy (non-hydrogen) atoms. The first-order valence-electron chi connectivity index (χ1n) is 9.35. The van der Waals surface area contributed by atoms with Crippen LogP contribution in [0.3, 0.4) is 0 Å². The number of hydrogen-bond acceptors (Lipinski definition) is 7. The highest BCUT2D eigenvalue weighted by Gasteiger charge is 2.30. The summed E-state index contributed by atoms with van der Waals surface area (Å²) >= 11 is 0. The molecule has 3 aromatic rings. The average molecular weight is 414 g/mol. The largest absolute Gasteiger partial charge is 0.354 e. The summed E-state index contributed by atoms with van der Waals surface area (Å²) in [6, 6.07) is 9.94. The molecule has 1 aromatic carbocycles. The number of H-pyrrole nitrogens is 1. The van der Waals surface area contributed by atoms with E-state index in [2.05, 4.69) is 30.2 Å². The van der Waals surface area contributed by atoms with Crippen LogP contribution in [0.1, 0.15) is 11.3 Å². The first-order chi connectivity index (χ1) is 13.9. The Morgan fingerprint density at radius 3 is 2.41 bits per heavy atom. The van der Waals surface area contributed by atoms with Crippen LogP contribution in [-0.2, 0) is 10.0 Å². The third kappa shape index (κ3) is 4.22. The maximum Gasteiger partial charge on any atom is 0.260 e. The van der Waals surface area contributed by atoms with E-state index in [9.17, 15) is 8.42 Å². The van der Waals surface area contributed by atoms with Gasteiger partial charge in [-0.05, 0) is 26.0 Å². The molecule has 0 saturated carbocycles. The van der Waals surface area contributed by atoms with Gasteiger partial charge >= 0.3 is 0 Å². The minimum atomic E-state index is -3.54. The fourth-order valence-corrected chi connectivity index (χ4v) is 4.53. The summed E-state index contributed by atoms with van der Waals surface area (Å²) in [6.45, 7) is 5.82. The SMILES string of the molecule is Cc1ccc(Nc2nc(C)cc(N3CCN(S(=O)(=O)c4cnc[nH]4)CC3)n2)cc1. The number of nitrogens with one attached hydrogen (secondary N) is 2. The number of aryl methyl sites for hydroxylation is 2. The van der Waals surface area contributed by atoms with Gasteiger partial charge < -0.3 is 15.2 Å². The number of benzene rings is 1. The van der Waals surface area contributed by atoms with Crippen LogP contribution in [0.25, 0.3) is 0 Å². The fraction of sp³-hybridized carbons (Fsp3) is 0.316. The molecule has 4 rings (SSSR count). The van der Waals surface area contributed by atoms with Crippen LogP contribution in [-0.4, -0.2) is 58.8 Å². The van der Waals surface area contributed by atoms with Gasteiger partial charge in [-0.25, -0.2) is 18.4 Å². The lowest BCUT2D eigenvalue weighted by Crippen LogP contribution is -2.49. The number of sulfonamides is 1. The molecular weight excluding hydrogens is 390 g/mol. The summed E-state index contributed by atoms with van der Waals surface area (Å²) in [5.74, 6) is 1.31. The maximum absolute atomic E-state index is 12.6. The first-order valence-corrected chi connectivity index (χ1v) is 10.8. The van der Waals surface area contributed by atoms with Gasteiger partial charge in [-0.1, -0.05) is 17.7 Å². The van der Waals surface area contributed by atoms with Gasteiger partial charge in [-0.3, -0.25) is 0 Å². The fourth-order valence-electron chi connectivity index (χ4n) is 3.22. The highest BCUT2D eigenvalue weighted by Crippen LogP contribution is 2.22. The predicted molar refractivity (Wildman–Crippen MR) is 111 cm³/mol. The Morgan fingerprint density at radius 2 is 1.76 bits per heavy atom. The standard InChI is InChI=1S/C19H23N7O2S/c1-14-3-5-16(6-4-14)23-19-22-15(2)11-17(24-19)25-7-9-26(10-8-25)29(27,28)18-12-20-13-21-18/h3-6,11-13H,7-10H2,1-2H3,(H,20,21)(H,22,23,24). The molecule has 0 aliphatic carbocycles. The third-order valence-corrected chi connectivity index (χ3v) is 6.63. The Bertz CT molecular complexity index is 1070. The van der Waals surface area contributed by atoms with E-state index in [4.69, 9.17) is 0 Å². The number of rotatable bonds is 5. The molecule has 0 bridgehead atoms. The Morgan fingerprint density at radius 1 is 1.03 bits per heavy atom. The first kappa shape index (κ1) is 19.3. The second-order valence-corrected chi connectivity index (χ2v) is 8.90. The Labute approximate surface area is 169 Å². The smallest absolute Gasteiger partial charge is 0.260 e. The van der Waals surface area contributed by atoms with Crippen molar-refractivity contribution in [2.75, 3.05) is 36.4 Å². The third-order valence-electron chi connectivity index (χ3n) is 4.80. The lowest BCUT2D eigenvalue weighted by Gasteiger charge is -2.34. The predicted octanol–water partition coefficient (Wildman–Crippen LogP) is 2.07. The molecule has 2 aromatic heterocycles. The molecule has 0 amide bonds. The minimum Gasteiger partial charge on any atom is -0.354 e. The Kier molecular flexibility index (Phi) is 5.20. The van der Waals surface area contributed by atoms with Crippen LogP contribution in [0.2, 0.25) is 0 Å². The van der Waals surface area contributed by atoms with Gasteiger partial charge in [-0.2, -0.15) is 9.29 Å². The van der Waals surface area contributed by atoms with Crippen molar-refractivity contribution >= 4 is 27.5 Å². The van der Waals surface area contributed by atoms with Crippen molar-refractivity contribution in [1.29, 1.82) is 0 Å². The number of aromatic nitrogens is 4. The molecule has 10 heteroatoms. The number of aromatic amines is 1. The number of piperazine rings is 1. The van der Waals surface area contributed by atoms with E-state index < -0.39 is 10.0 Å². The summed E-state index contributed by atoms with van der Waals surface area (Å²) in [5, 5.41) is 3.36. The van der Waals surface area contributed by atoms with E-state index in [0.717, 1.165) is 17.2 Å². The lowest BCUT2D eigenvalue weighted by atomic mass is 10.2. The summed E-state index contributed by atoms with van der Waals surface area (Å²) < 4.78 is 26.7. The normalized spacial score (nSPS) is 15.4. The van der Waals surface area contributed by atoms with Crippen molar-refractivity contribution in [3.05, 3.63) is 54.1 Å². The van der Waals surface area contributed by atoms with Crippen LogP contribution in [0.5, 0.6) is 0 Å². The minimum absolute atomic E-state index is 0.119. The quantitative estimate of drug-likeness (QED) is 0.659. The zero-order chi connectivity index (χ0) is 20.4. The van der Waals surface area contributed by atoms with Gasteiger partial charge in [0.05, 0.1) is 12.5 Å². The van der Waals surface area contributed by atoms with E-state index >= 15 is 0 Å². The number of hydrogen-bond donors (Lipinski definition) is 2. The van der Waals surface area contributed by atoms with E-state index in [-0.39, 0.29) is 5.03 Å². The Hall–Kier alpha value is -2.98. The van der Waals surface area contributed by atoms with Crippen molar-refractivity contribution in [1.82, 2.24) is 24.2 Å². The molecule has 2 N–H and O–H groups in total. The zero-order valence-corrected chi connectivity index (χ0v) is 17.1. The van der Waals surface area contributed by atoms with Crippen LogP contribution < -0.4 is 10.2 Å². The average Bonchev–Trinajstić information content (AvgIpc) is 3.25. The molecular formula is C19H23N7O2S. The highest BCUT2D eigenvalue weighted by molar-refractivity contribution is 7.89. The monoisotopic (exact) mass is 413 g/mol. The molecule has 0 unspecified atom stereocenters. The van der Waals surface area contributed by atoms with Crippen molar-refractivity contribution in [2.24, 2.45) is 0 Å². The van der Waals surface area contributed by atoms with Gasteiger partial charge in [0.15, 0.2) is 5.03 Å². The van der Waals surface area contributed by atoms with Gasteiger partial charge in [0.2, 0.25) is 5.95 Å². The van der Waals surface area contributed by atoms with Crippen molar-refractivity contribution in [2.45, 2.75) is 18.9 Å². The summed E-state index contributed by atoms with van der Waals surface area (Å²) in [7, 11) is -3.54. The van der Waals surface area contributed by atoms with Crippen LogP contribution in [0, 0.1) is 13.8 Å². The number of imidazole rings is 1. The van der Waals surface area contributed by atoms with Crippen molar-refractivity contribution < 1.29 is 8.42 Å². The van der Waals surface area contributed by atoms with E-state index in [1.807, 2.05) is 44.2 Å². The van der Waals surface area contributed by atoms with Crippen LogP contribution in [0.4, 0.5) is 17.5 Å². The molecule has 3 heterocycles. The molecule has 1 aliphatic rings. The number of anilines is 3. The van der Waals surface area contributed by atoms with Crippen molar-refractivity contribution in [3.8, 4) is 0 Å². The molecule has 9 nitrogen and oxygen atoms in total. The second kappa shape index (κ2) is 7.80. The number of nitrogens with zero attached hydrogens (tertiary/aromatic N) is 5. The van der Waals surface area contributed by atoms with Gasteiger partial charge in [-0.15, -0.1) is 0 Å². The summed E-state index contributed by atoms with van der Waals surface area (Å²) in [6.07, 6.45) is 2.70. The topological polar surface area (TPSA) is 107 Å². The van der Waals surface area contributed by atoms with E-state index in [1.165, 1.54) is 22.4 Å². The maximum atomic E-state index is 12.6. The van der Waals surface area contributed by atoms with Gasteiger partial charge in [0, 0.05) is 43.6 Å². The van der Waals surface area contributed by atoms with Crippen LogP contribution >= 0.6 is 0 Å². The second-order valence-electron chi connectivity index (χ2n) is 6.99. The van der Waals surface area contributed by atoms with Gasteiger partial charge in [0.1, 0.15) is 5.82 Å². The van der Waals surface area contributed by atoms with Crippen molar-refractivity contribution in [3.63, 3.8) is 0 Å². The molecule has 152 valence electrons. The highest BCUT2D eigenvalue weighted by atomic mass is 32.2. The van der Waals surface area contributed by atoms with E-state index in [0.29, 0.717) is 32.1 Å². The lowest BCUT2D eigenvalue weighted by molar-refractivity contribution is 0.382. The summed E-state index contributed by atoms with van der Waals surface area (Å²) in [5.41, 5.74) is 2.95. The summed E-state index contributed by atoms with van der Waals surface area (Å²) in [4.78, 5) is 17.7. The molecule has 1 saturated heterocycles. The Balaban J connectivity index is 1.47. The van der Waals surface area contributed by atoms with Gasteiger partial charge in [0.25, 0.3) is 10.0 Å². The van der Waals surface area contributed by atoms with E-state index in [1.54, 1.807) is 0 Å². The molecule has 0 spiro atoms. The molecule has 0 radical (unpaired) electrons.